The molecule has 0 heterocycles. The first kappa shape index (κ1) is 16.4. The van der Waals surface area contributed by atoms with Crippen molar-refractivity contribution in [3.63, 3.8) is 0 Å². The van der Waals surface area contributed by atoms with Crippen LogP contribution in [0.2, 0.25) is 11.6 Å². The van der Waals surface area contributed by atoms with Gasteiger partial charge < -0.3 is 5.11 Å². The lowest BCUT2D eigenvalue weighted by atomic mass is 9.83. The third-order valence-corrected chi connectivity index (χ3v) is 8.63. The maximum absolute atomic E-state index is 13.8. The van der Waals surface area contributed by atoms with Gasteiger partial charge >= 0.3 is 5.97 Å². The van der Waals surface area contributed by atoms with Crippen LogP contribution in [0.1, 0.15) is 60.9 Å². The lowest BCUT2D eigenvalue weighted by molar-refractivity contribution is 0.0692. The van der Waals surface area contributed by atoms with Gasteiger partial charge in [0.25, 0.3) is 0 Å². The molecule has 1 aliphatic rings. The second-order valence-corrected chi connectivity index (χ2v) is 9.55. The summed E-state index contributed by atoms with van der Waals surface area (Å²) in [6.45, 7) is 2.24. The Bertz CT molecular complexity index is 485. The summed E-state index contributed by atoms with van der Waals surface area (Å²) in [7, 11) is 2.22. The van der Waals surface area contributed by atoms with Crippen molar-refractivity contribution in [1.82, 2.24) is 0 Å². The maximum atomic E-state index is 13.8. The second-order valence-electron chi connectivity index (χ2n) is 5.66. The smallest absolute Gasteiger partial charge is 0.338 e. The third kappa shape index (κ3) is 4.51. The Hall–Kier alpha value is -0.946. The van der Waals surface area contributed by atoms with Crippen molar-refractivity contribution in [2.24, 2.45) is 0 Å². The number of carbonyl (C=O) groups is 1. The third-order valence-electron chi connectivity index (χ3n) is 4.10. The Balaban J connectivity index is 1.90. The van der Waals surface area contributed by atoms with Crippen LogP contribution in [-0.4, -0.2) is 29.2 Å². The monoisotopic (exact) mass is 320 g/mol. The van der Waals surface area contributed by atoms with Gasteiger partial charge in [-0.05, 0) is 36.5 Å². The SMILES string of the molecule is CCC[Si][Si]C1CCC(c2ccc(C(=O)O)c(F)c2)CC1. The van der Waals surface area contributed by atoms with Crippen LogP contribution in [0.5, 0.6) is 0 Å². The van der Waals surface area contributed by atoms with E-state index in [1.807, 2.05) is 0 Å². The zero-order chi connectivity index (χ0) is 15.2. The predicted molar refractivity (Wildman–Crippen MR) is 84.9 cm³/mol. The minimum absolute atomic E-state index is 0.227. The highest BCUT2D eigenvalue weighted by Crippen LogP contribution is 2.38. The molecule has 0 amide bonds. The molecule has 1 aliphatic carbocycles. The molecule has 0 aromatic heterocycles. The van der Waals surface area contributed by atoms with Crippen LogP contribution in [0.15, 0.2) is 18.2 Å². The summed E-state index contributed by atoms with van der Waals surface area (Å²) in [5, 5.41) is 8.87. The fourth-order valence-electron chi connectivity index (χ4n) is 2.87. The van der Waals surface area contributed by atoms with Crippen LogP contribution >= 0.6 is 0 Å². The molecule has 112 valence electrons. The summed E-state index contributed by atoms with van der Waals surface area (Å²) < 4.78 is 13.8. The molecule has 0 aliphatic heterocycles. The Labute approximate surface area is 130 Å². The van der Waals surface area contributed by atoms with Gasteiger partial charge in [-0.1, -0.05) is 43.8 Å². The number of halogens is 1. The number of aromatic carboxylic acids is 1. The van der Waals surface area contributed by atoms with Crippen LogP contribution in [-0.2, 0) is 0 Å². The highest BCUT2D eigenvalue weighted by molar-refractivity contribution is 7.01. The molecule has 1 N–H and O–H groups in total. The van der Waals surface area contributed by atoms with E-state index in [0.29, 0.717) is 5.92 Å². The molecule has 1 aromatic rings. The van der Waals surface area contributed by atoms with Crippen molar-refractivity contribution in [3.8, 4) is 0 Å². The molecule has 21 heavy (non-hydrogen) atoms. The Morgan fingerprint density at radius 1 is 1.33 bits per heavy atom. The Morgan fingerprint density at radius 2 is 2.05 bits per heavy atom. The van der Waals surface area contributed by atoms with Gasteiger partial charge in [0.05, 0.1) is 5.56 Å². The number of hydrogen-bond acceptors (Lipinski definition) is 1. The molecule has 0 unspecified atom stereocenters. The summed E-state index contributed by atoms with van der Waals surface area (Å²) in [6, 6.07) is 5.98. The average Bonchev–Trinajstić information content (AvgIpc) is 2.48. The van der Waals surface area contributed by atoms with E-state index in [1.54, 1.807) is 6.07 Å². The first-order chi connectivity index (χ1) is 10.1. The van der Waals surface area contributed by atoms with Crippen LogP contribution in [0.3, 0.4) is 0 Å². The molecule has 2 nitrogen and oxygen atoms in total. The standard InChI is InChI=1S/C16H21FO2Si2/c1-2-9-20-21-13-6-3-11(4-7-13)12-5-8-14(16(18)19)15(17)10-12/h5,8,10-11,13H,2-4,6-7,9H2,1H3,(H,18,19). The van der Waals surface area contributed by atoms with E-state index < -0.39 is 11.8 Å². The van der Waals surface area contributed by atoms with Gasteiger partial charge in [-0.2, -0.15) is 0 Å². The minimum atomic E-state index is -1.19. The van der Waals surface area contributed by atoms with Crippen LogP contribution in [0.25, 0.3) is 0 Å². The average molecular weight is 321 g/mol. The molecule has 2 rings (SSSR count). The molecule has 5 heteroatoms. The lowest BCUT2D eigenvalue weighted by Crippen LogP contribution is -2.18. The lowest BCUT2D eigenvalue weighted by Gasteiger charge is -2.28. The van der Waals surface area contributed by atoms with Crippen molar-refractivity contribution < 1.29 is 14.3 Å². The zero-order valence-electron chi connectivity index (χ0n) is 12.4. The topological polar surface area (TPSA) is 37.3 Å². The molecule has 4 radical (unpaired) electrons. The first-order valence-corrected chi connectivity index (χ1v) is 10.9. The molecule has 0 bridgehead atoms. The molecule has 1 aromatic carbocycles. The van der Waals surface area contributed by atoms with E-state index in [9.17, 15) is 9.18 Å². The Kier molecular flexibility index (Phi) is 6.17. The van der Waals surface area contributed by atoms with Crippen LogP contribution in [0, 0.1) is 5.82 Å². The van der Waals surface area contributed by atoms with Crippen molar-refractivity contribution in [2.75, 3.05) is 0 Å². The van der Waals surface area contributed by atoms with E-state index in [2.05, 4.69) is 6.92 Å². The van der Waals surface area contributed by atoms with Crippen LogP contribution < -0.4 is 0 Å². The summed E-state index contributed by atoms with van der Waals surface area (Å²) in [6.07, 6.45) is 5.99. The highest BCUT2D eigenvalue weighted by atomic mass is 29.1. The van der Waals surface area contributed by atoms with Gasteiger partial charge in [0, 0.05) is 18.1 Å². The maximum Gasteiger partial charge on any atom is 0.338 e. The Morgan fingerprint density at radius 3 is 2.62 bits per heavy atom. The quantitative estimate of drug-likeness (QED) is 0.632. The molecule has 0 spiro atoms. The molecule has 0 atom stereocenters. The number of carboxylic acid groups (broad SMARTS) is 1. The normalized spacial score (nSPS) is 22.2. The fraction of sp³-hybridized carbons (Fsp3) is 0.562. The minimum Gasteiger partial charge on any atom is -0.478 e. The highest BCUT2D eigenvalue weighted by Gasteiger charge is 2.23. The van der Waals surface area contributed by atoms with Crippen molar-refractivity contribution in [2.45, 2.75) is 56.5 Å². The van der Waals surface area contributed by atoms with E-state index in [-0.39, 0.29) is 5.56 Å². The van der Waals surface area contributed by atoms with E-state index in [1.165, 1.54) is 37.4 Å². The molecule has 0 saturated heterocycles. The first-order valence-electron chi connectivity index (χ1n) is 7.63. The van der Waals surface area contributed by atoms with Crippen molar-refractivity contribution in [1.29, 1.82) is 0 Å². The molecule has 1 saturated carbocycles. The van der Waals surface area contributed by atoms with Crippen molar-refractivity contribution >= 4 is 24.0 Å². The number of carboxylic acids is 1. The van der Waals surface area contributed by atoms with Gasteiger partial charge in [-0.25, -0.2) is 9.18 Å². The summed E-state index contributed by atoms with van der Waals surface area (Å²) in [5.41, 5.74) is 1.61. The van der Waals surface area contributed by atoms with E-state index in [4.69, 9.17) is 5.11 Å². The van der Waals surface area contributed by atoms with Gasteiger partial charge in [0.15, 0.2) is 0 Å². The van der Waals surface area contributed by atoms with Crippen molar-refractivity contribution in [3.05, 3.63) is 35.1 Å². The van der Waals surface area contributed by atoms with Gasteiger partial charge in [0.1, 0.15) is 5.82 Å². The largest absolute Gasteiger partial charge is 0.478 e. The number of rotatable bonds is 6. The summed E-state index contributed by atoms with van der Waals surface area (Å²) in [4.78, 5) is 10.8. The van der Waals surface area contributed by atoms with Gasteiger partial charge in [-0.3, -0.25) is 0 Å². The number of hydrogen-bond donors (Lipinski definition) is 1. The summed E-state index contributed by atoms with van der Waals surface area (Å²) >= 11 is 0. The number of benzene rings is 1. The zero-order valence-corrected chi connectivity index (χ0v) is 14.4. The summed E-state index contributed by atoms with van der Waals surface area (Å²) in [5.74, 6) is -1.40. The molecular weight excluding hydrogens is 299 g/mol. The molecular formula is C16H21FO2Si2. The van der Waals surface area contributed by atoms with Gasteiger partial charge in [0.2, 0.25) is 0 Å². The molecule has 1 fully saturated rings. The van der Waals surface area contributed by atoms with Gasteiger partial charge in [-0.15, -0.1) is 0 Å². The predicted octanol–water partition coefficient (Wildman–Crippen LogP) is 4.12. The van der Waals surface area contributed by atoms with E-state index >= 15 is 0 Å². The fourth-order valence-corrected chi connectivity index (χ4v) is 7.09. The van der Waals surface area contributed by atoms with E-state index in [0.717, 1.165) is 42.0 Å². The second kappa shape index (κ2) is 7.89. The van der Waals surface area contributed by atoms with Crippen LogP contribution in [0.4, 0.5) is 4.39 Å².